The van der Waals surface area contributed by atoms with Gasteiger partial charge in [0.15, 0.2) is 0 Å². The Balaban J connectivity index is 2.13. The normalized spacial score (nSPS) is 11.3. The van der Waals surface area contributed by atoms with Gasteiger partial charge in [-0.2, -0.15) is 0 Å². The van der Waals surface area contributed by atoms with E-state index >= 15 is 0 Å². The summed E-state index contributed by atoms with van der Waals surface area (Å²) in [5.41, 5.74) is 2.35. The van der Waals surface area contributed by atoms with Crippen molar-refractivity contribution in [1.29, 1.82) is 0 Å². The van der Waals surface area contributed by atoms with E-state index in [0.29, 0.717) is 18.0 Å². The highest BCUT2D eigenvalue weighted by Gasteiger charge is 2.19. The standard InChI is InChI=1S/C22H29N3O2/c1-15(2)10-12-24-20(26)16-11-13-23-19(14-16)21(27)25-18-9-7-6-8-17(18)22(3,4)5/h6-9,11,13-15H,10,12H2,1-5H3,(H,24,26)(H,25,27). The lowest BCUT2D eigenvalue weighted by molar-refractivity contribution is 0.0952. The minimum absolute atomic E-state index is 0.102. The number of aromatic nitrogens is 1. The summed E-state index contributed by atoms with van der Waals surface area (Å²) in [5.74, 6) is -0.00214. The van der Waals surface area contributed by atoms with E-state index in [1.807, 2.05) is 24.3 Å². The number of benzene rings is 1. The molecule has 27 heavy (non-hydrogen) atoms. The summed E-state index contributed by atoms with van der Waals surface area (Å²) >= 11 is 0. The van der Waals surface area contributed by atoms with Crippen LogP contribution in [0, 0.1) is 5.92 Å². The van der Waals surface area contributed by atoms with Crippen LogP contribution in [0.3, 0.4) is 0 Å². The Hall–Kier alpha value is -2.69. The number of para-hydroxylation sites is 1. The molecule has 1 aromatic carbocycles. The van der Waals surface area contributed by atoms with Gasteiger partial charge in [-0.3, -0.25) is 14.6 Å². The van der Waals surface area contributed by atoms with Crippen LogP contribution in [-0.2, 0) is 5.41 Å². The molecule has 2 rings (SSSR count). The average Bonchev–Trinajstić information content (AvgIpc) is 2.61. The molecule has 0 bridgehead atoms. The summed E-state index contributed by atoms with van der Waals surface area (Å²) in [6.07, 6.45) is 2.40. The lowest BCUT2D eigenvalue weighted by Crippen LogP contribution is -2.26. The van der Waals surface area contributed by atoms with Crippen molar-refractivity contribution in [2.45, 2.75) is 46.5 Å². The Bertz CT molecular complexity index is 807. The van der Waals surface area contributed by atoms with Crippen molar-refractivity contribution >= 4 is 17.5 Å². The predicted molar refractivity (Wildman–Crippen MR) is 109 cm³/mol. The van der Waals surface area contributed by atoms with Crippen molar-refractivity contribution in [2.24, 2.45) is 5.92 Å². The topological polar surface area (TPSA) is 71.1 Å². The van der Waals surface area contributed by atoms with Gasteiger partial charge in [-0.1, -0.05) is 52.8 Å². The first-order valence-electron chi connectivity index (χ1n) is 9.33. The maximum atomic E-state index is 12.7. The summed E-state index contributed by atoms with van der Waals surface area (Å²) in [6.45, 7) is 11.1. The molecule has 5 nitrogen and oxygen atoms in total. The van der Waals surface area contributed by atoms with Gasteiger partial charge in [0.1, 0.15) is 5.69 Å². The van der Waals surface area contributed by atoms with Gasteiger partial charge in [0, 0.05) is 24.0 Å². The van der Waals surface area contributed by atoms with Crippen molar-refractivity contribution in [3.05, 3.63) is 59.4 Å². The van der Waals surface area contributed by atoms with Gasteiger partial charge in [-0.15, -0.1) is 0 Å². The van der Waals surface area contributed by atoms with Crippen LogP contribution >= 0.6 is 0 Å². The molecule has 2 N–H and O–H groups in total. The molecule has 0 atom stereocenters. The molecular weight excluding hydrogens is 338 g/mol. The second kappa shape index (κ2) is 8.80. The maximum absolute atomic E-state index is 12.7. The number of hydrogen-bond acceptors (Lipinski definition) is 3. The zero-order chi connectivity index (χ0) is 20.0. The van der Waals surface area contributed by atoms with E-state index in [-0.39, 0.29) is 22.9 Å². The molecule has 144 valence electrons. The van der Waals surface area contributed by atoms with Crippen LogP contribution in [-0.4, -0.2) is 23.3 Å². The van der Waals surface area contributed by atoms with Gasteiger partial charge < -0.3 is 10.6 Å². The van der Waals surface area contributed by atoms with Crippen LogP contribution < -0.4 is 10.6 Å². The SMILES string of the molecule is CC(C)CCNC(=O)c1ccnc(C(=O)Nc2ccccc2C(C)(C)C)c1. The fraction of sp³-hybridized carbons (Fsp3) is 0.409. The summed E-state index contributed by atoms with van der Waals surface area (Å²) < 4.78 is 0. The van der Waals surface area contributed by atoms with Gasteiger partial charge in [0.25, 0.3) is 11.8 Å². The highest BCUT2D eigenvalue weighted by molar-refractivity contribution is 6.05. The molecule has 0 spiro atoms. The smallest absolute Gasteiger partial charge is 0.274 e. The molecule has 0 aliphatic rings. The molecule has 0 radical (unpaired) electrons. The van der Waals surface area contributed by atoms with Crippen molar-refractivity contribution < 1.29 is 9.59 Å². The molecule has 5 heteroatoms. The number of carbonyl (C=O) groups excluding carboxylic acids is 2. The van der Waals surface area contributed by atoms with Crippen LogP contribution in [0.1, 0.15) is 67.4 Å². The number of nitrogens with zero attached hydrogens (tertiary/aromatic N) is 1. The maximum Gasteiger partial charge on any atom is 0.274 e. The van der Waals surface area contributed by atoms with Gasteiger partial charge in [-0.05, 0) is 41.5 Å². The Morgan fingerprint density at radius 3 is 2.44 bits per heavy atom. The lowest BCUT2D eigenvalue weighted by Gasteiger charge is -2.22. The summed E-state index contributed by atoms with van der Waals surface area (Å²) in [7, 11) is 0. The molecular formula is C22H29N3O2. The van der Waals surface area contributed by atoms with E-state index < -0.39 is 0 Å². The highest BCUT2D eigenvalue weighted by atomic mass is 16.2. The Morgan fingerprint density at radius 1 is 1.07 bits per heavy atom. The zero-order valence-electron chi connectivity index (χ0n) is 16.8. The van der Waals surface area contributed by atoms with Crippen LogP contribution in [0.15, 0.2) is 42.6 Å². The lowest BCUT2D eigenvalue weighted by atomic mass is 9.86. The van der Waals surface area contributed by atoms with Gasteiger partial charge in [0.05, 0.1) is 0 Å². The predicted octanol–water partition coefficient (Wildman–Crippen LogP) is 4.41. The van der Waals surface area contributed by atoms with E-state index in [2.05, 4.69) is 50.2 Å². The number of rotatable bonds is 6. The third-order valence-electron chi connectivity index (χ3n) is 4.25. The van der Waals surface area contributed by atoms with Crippen molar-refractivity contribution in [1.82, 2.24) is 10.3 Å². The second-order valence-corrected chi connectivity index (χ2v) is 8.12. The molecule has 1 aromatic heterocycles. The highest BCUT2D eigenvalue weighted by Crippen LogP contribution is 2.29. The van der Waals surface area contributed by atoms with Crippen molar-refractivity contribution in [2.75, 3.05) is 11.9 Å². The van der Waals surface area contributed by atoms with Crippen molar-refractivity contribution in [3.63, 3.8) is 0 Å². The fourth-order valence-corrected chi connectivity index (χ4v) is 2.70. The van der Waals surface area contributed by atoms with E-state index in [4.69, 9.17) is 0 Å². The van der Waals surface area contributed by atoms with Crippen molar-refractivity contribution in [3.8, 4) is 0 Å². The van der Waals surface area contributed by atoms with Gasteiger partial charge in [0.2, 0.25) is 0 Å². The fourth-order valence-electron chi connectivity index (χ4n) is 2.70. The Morgan fingerprint density at radius 2 is 1.78 bits per heavy atom. The number of hydrogen-bond donors (Lipinski definition) is 2. The molecule has 0 saturated carbocycles. The molecule has 0 aliphatic heterocycles. The van der Waals surface area contributed by atoms with E-state index in [1.165, 1.54) is 12.3 Å². The monoisotopic (exact) mass is 367 g/mol. The zero-order valence-corrected chi connectivity index (χ0v) is 16.8. The number of anilines is 1. The van der Waals surface area contributed by atoms with Crippen LogP contribution in [0.4, 0.5) is 5.69 Å². The molecule has 0 fully saturated rings. The Labute approximate surface area is 161 Å². The first kappa shape index (κ1) is 20.6. The van der Waals surface area contributed by atoms with Gasteiger partial charge >= 0.3 is 0 Å². The molecule has 0 unspecified atom stereocenters. The third kappa shape index (κ3) is 5.91. The minimum Gasteiger partial charge on any atom is -0.352 e. The summed E-state index contributed by atoms with van der Waals surface area (Å²) in [5, 5.41) is 5.80. The molecule has 0 aliphatic carbocycles. The molecule has 1 heterocycles. The number of pyridine rings is 1. The van der Waals surface area contributed by atoms with E-state index in [9.17, 15) is 9.59 Å². The van der Waals surface area contributed by atoms with Crippen LogP contribution in [0.5, 0.6) is 0 Å². The van der Waals surface area contributed by atoms with E-state index in [1.54, 1.807) is 6.07 Å². The number of amides is 2. The Kier molecular flexibility index (Phi) is 6.72. The molecule has 0 saturated heterocycles. The average molecular weight is 367 g/mol. The molecule has 2 aromatic rings. The minimum atomic E-state index is -0.330. The number of carbonyl (C=O) groups is 2. The van der Waals surface area contributed by atoms with Crippen LogP contribution in [0.2, 0.25) is 0 Å². The first-order chi connectivity index (χ1) is 12.7. The van der Waals surface area contributed by atoms with Gasteiger partial charge in [-0.25, -0.2) is 0 Å². The van der Waals surface area contributed by atoms with Crippen LogP contribution in [0.25, 0.3) is 0 Å². The second-order valence-electron chi connectivity index (χ2n) is 8.12. The quantitative estimate of drug-likeness (QED) is 0.794. The largest absolute Gasteiger partial charge is 0.352 e. The summed E-state index contributed by atoms with van der Waals surface area (Å²) in [6, 6.07) is 10.9. The third-order valence-corrected chi connectivity index (χ3v) is 4.25. The number of nitrogens with one attached hydrogen (secondary N) is 2. The first-order valence-corrected chi connectivity index (χ1v) is 9.33. The van der Waals surface area contributed by atoms with E-state index in [0.717, 1.165) is 17.7 Å². The summed E-state index contributed by atoms with van der Waals surface area (Å²) in [4.78, 5) is 29.1. The molecule has 2 amide bonds.